The molecule has 0 fully saturated rings. The van der Waals surface area contributed by atoms with Crippen LogP contribution in [-0.4, -0.2) is 19.1 Å². The van der Waals surface area contributed by atoms with Gasteiger partial charge >= 0.3 is 0 Å². The number of rotatable bonds is 3. The molecule has 0 saturated carbocycles. The first-order chi connectivity index (χ1) is 22.3. The molecule has 45 heavy (non-hydrogen) atoms. The molecule has 4 heterocycles. The van der Waals surface area contributed by atoms with Gasteiger partial charge in [-0.1, -0.05) is 91.0 Å². The summed E-state index contributed by atoms with van der Waals surface area (Å²) in [4.78, 5) is 9.96. The Labute approximate surface area is 262 Å². The van der Waals surface area contributed by atoms with E-state index in [1.807, 2.05) is 23.6 Å². The van der Waals surface area contributed by atoms with E-state index in [-0.39, 0.29) is 0 Å². The molecule has 0 saturated heterocycles. The molecule has 5 heteroatoms. The van der Waals surface area contributed by atoms with Crippen LogP contribution in [0.15, 0.2) is 146 Å². The second kappa shape index (κ2) is 9.36. The molecule has 0 aliphatic heterocycles. The van der Waals surface area contributed by atoms with Gasteiger partial charge < -0.3 is 4.57 Å². The summed E-state index contributed by atoms with van der Waals surface area (Å²) in [5.74, 6) is 0.672. The van der Waals surface area contributed by atoms with E-state index < -0.39 is 0 Å². The first-order valence-corrected chi connectivity index (χ1v) is 15.9. The van der Waals surface area contributed by atoms with Crippen molar-refractivity contribution in [3.63, 3.8) is 0 Å². The highest BCUT2D eigenvalue weighted by molar-refractivity contribution is 7.26. The molecule has 6 aromatic carbocycles. The maximum Gasteiger partial charge on any atom is 0.235 e. The molecule has 0 N–H and O–H groups in total. The normalized spacial score (nSPS) is 12.0. The molecule has 0 amide bonds. The third-order valence-electron chi connectivity index (χ3n) is 9.02. The predicted molar refractivity (Wildman–Crippen MR) is 189 cm³/mol. The molecular weight excluding hydrogens is 569 g/mol. The Kier molecular flexibility index (Phi) is 5.12. The smallest absolute Gasteiger partial charge is 0.235 e. The molecule has 0 atom stereocenters. The van der Waals surface area contributed by atoms with Crippen molar-refractivity contribution in [2.45, 2.75) is 0 Å². The topological polar surface area (TPSA) is 35.6 Å². The fourth-order valence-electron chi connectivity index (χ4n) is 7.05. The van der Waals surface area contributed by atoms with E-state index in [9.17, 15) is 0 Å². The van der Waals surface area contributed by atoms with Gasteiger partial charge in [0.2, 0.25) is 5.95 Å². The fourth-order valence-corrected chi connectivity index (χ4v) is 8.31. The van der Waals surface area contributed by atoms with Crippen LogP contribution in [0.4, 0.5) is 0 Å². The minimum atomic E-state index is 0.672. The zero-order valence-electron chi connectivity index (χ0n) is 24.1. The van der Waals surface area contributed by atoms with Crippen molar-refractivity contribution in [1.82, 2.24) is 19.1 Å². The number of para-hydroxylation sites is 3. The number of thiophene rings is 1. The van der Waals surface area contributed by atoms with E-state index in [4.69, 9.17) is 9.97 Å². The van der Waals surface area contributed by atoms with Crippen LogP contribution >= 0.6 is 11.3 Å². The van der Waals surface area contributed by atoms with Crippen LogP contribution in [0.5, 0.6) is 0 Å². The summed E-state index contributed by atoms with van der Waals surface area (Å²) in [6.07, 6.45) is 1.87. The summed E-state index contributed by atoms with van der Waals surface area (Å²) in [5, 5.41) is 7.60. The minimum Gasteiger partial charge on any atom is -0.309 e. The van der Waals surface area contributed by atoms with Gasteiger partial charge in [0.1, 0.15) is 0 Å². The van der Waals surface area contributed by atoms with Crippen LogP contribution in [0, 0.1) is 0 Å². The highest BCUT2D eigenvalue weighted by Gasteiger charge is 2.19. The van der Waals surface area contributed by atoms with Gasteiger partial charge in [-0.2, -0.15) is 0 Å². The van der Waals surface area contributed by atoms with Crippen molar-refractivity contribution in [1.29, 1.82) is 0 Å². The van der Waals surface area contributed by atoms with E-state index in [1.54, 1.807) is 0 Å². The molecule has 0 unspecified atom stereocenters. The van der Waals surface area contributed by atoms with E-state index >= 15 is 0 Å². The lowest BCUT2D eigenvalue weighted by Gasteiger charge is -2.10. The average Bonchev–Trinajstić information content (AvgIpc) is 3.76. The number of hydrogen-bond donors (Lipinski definition) is 0. The Balaban J connectivity index is 1.13. The van der Waals surface area contributed by atoms with Gasteiger partial charge in [0.25, 0.3) is 0 Å². The first kappa shape index (κ1) is 24.6. The molecule has 210 valence electrons. The van der Waals surface area contributed by atoms with Crippen LogP contribution in [-0.2, 0) is 0 Å². The van der Waals surface area contributed by atoms with E-state index in [0.717, 1.165) is 28.0 Å². The lowest BCUT2D eigenvalue weighted by Crippen LogP contribution is -2.01. The SMILES string of the molecule is c1ccc2c(c1)sc1c2ccc2c1c1ccccc1n2-c1nccc(-c2ccc(-n3c4ccccc4c4ccccc43)cc2)n1. The van der Waals surface area contributed by atoms with E-state index in [2.05, 4.69) is 143 Å². The second-order valence-corrected chi connectivity index (χ2v) is 12.5. The number of aromatic nitrogens is 4. The van der Waals surface area contributed by atoms with Gasteiger partial charge in [-0.15, -0.1) is 11.3 Å². The van der Waals surface area contributed by atoms with Crippen molar-refractivity contribution >= 4 is 75.1 Å². The molecular formula is C40H24N4S. The van der Waals surface area contributed by atoms with Gasteiger partial charge in [-0.05, 0) is 48.5 Å². The van der Waals surface area contributed by atoms with Gasteiger partial charge in [0.05, 0.1) is 27.8 Å². The molecule has 0 bridgehead atoms. The third-order valence-corrected chi connectivity index (χ3v) is 10.2. The molecule has 0 aliphatic rings. The highest BCUT2D eigenvalue weighted by atomic mass is 32.1. The number of hydrogen-bond acceptors (Lipinski definition) is 3. The number of benzene rings is 6. The molecule has 0 spiro atoms. The molecule has 10 rings (SSSR count). The maximum atomic E-state index is 5.15. The third kappa shape index (κ3) is 3.53. The standard InChI is InChI=1S/C40H24N4S/c1-5-13-33-27(9-1)28-10-2-6-14-34(28)43(33)26-19-17-25(18-20-26)32-23-24-41-40(42-32)44-35-15-7-3-12-31(35)38-36(44)22-21-30-29-11-4-8-16-37(29)45-39(30)38/h1-24H. The lowest BCUT2D eigenvalue weighted by molar-refractivity contribution is 0.992. The van der Waals surface area contributed by atoms with Crippen molar-refractivity contribution in [2.24, 2.45) is 0 Å². The van der Waals surface area contributed by atoms with Crippen LogP contribution in [0.1, 0.15) is 0 Å². The Hall–Kier alpha value is -5.78. The fraction of sp³-hybridized carbons (Fsp3) is 0. The minimum absolute atomic E-state index is 0.672. The van der Waals surface area contributed by atoms with Gasteiger partial charge in [0, 0.05) is 59.2 Å². The summed E-state index contributed by atoms with van der Waals surface area (Å²) < 4.78 is 7.16. The van der Waals surface area contributed by atoms with E-state index in [0.29, 0.717) is 5.95 Å². The Bertz CT molecular complexity index is 2710. The van der Waals surface area contributed by atoms with Crippen molar-refractivity contribution in [3.05, 3.63) is 146 Å². The molecule has 0 radical (unpaired) electrons. The maximum absolute atomic E-state index is 5.15. The molecule has 0 aliphatic carbocycles. The van der Waals surface area contributed by atoms with Crippen LogP contribution < -0.4 is 0 Å². The number of fused-ring (bicyclic) bond motifs is 10. The highest BCUT2D eigenvalue weighted by Crippen LogP contribution is 2.43. The molecule has 4 nitrogen and oxygen atoms in total. The van der Waals surface area contributed by atoms with Crippen molar-refractivity contribution in [2.75, 3.05) is 0 Å². The molecule has 10 aromatic rings. The van der Waals surface area contributed by atoms with Gasteiger partial charge in [0.15, 0.2) is 0 Å². The lowest BCUT2D eigenvalue weighted by atomic mass is 10.1. The van der Waals surface area contributed by atoms with Crippen molar-refractivity contribution in [3.8, 4) is 22.9 Å². The largest absolute Gasteiger partial charge is 0.309 e. The first-order valence-electron chi connectivity index (χ1n) is 15.1. The summed E-state index contributed by atoms with van der Waals surface area (Å²) in [7, 11) is 0. The molecule has 4 aromatic heterocycles. The summed E-state index contributed by atoms with van der Waals surface area (Å²) in [5.41, 5.74) is 7.70. The average molecular weight is 593 g/mol. The monoisotopic (exact) mass is 592 g/mol. The predicted octanol–water partition coefficient (Wildman–Crippen LogP) is 10.7. The van der Waals surface area contributed by atoms with Crippen LogP contribution in [0.2, 0.25) is 0 Å². The zero-order valence-corrected chi connectivity index (χ0v) is 24.9. The van der Waals surface area contributed by atoms with Crippen molar-refractivity contribution < 1.29 is 0 Å². The quantitative estimate of drug-likeness (QED) is 0.205. The zero-order chi connectivity index (χ0) is 29.5. The van der Waals surface area contributed by atoms with Crippen LogP contribution in [0.25, 0.3) is 86.7 Å². The van der Waals surface area contributed by atoms with Crippen LogP contribution in [0.3, 0.4) is 0 Å². The Morgan fingerprint density at radius 1 is 0.467 bits per heavy atom. The summed E-state index contributed by atoms with van der Waals surface area (Å²) in [6.45, 7) is 0. The second-order valence-electron chi connectivity index (χ2n) is 11.4. The number of nitrogens with zero attached hydrogens (tertiary/aromatic N) is 4. The van der Waals surface area contributed by atoms with Gasteiger partial charge in [-0.3, -0.25) is 4.57 Å². The van der Waals surface area contributed by atoms with E-state index in [1.165, 1.54) is 52.8 Å². The Morgan fingerprint density at radius 3 is 1.82 bits per heavy atom. The summed E-state index contributed by atoms with van der Waals surface area (Å²) in [6, 6.07) is 49.7. The summed E-state index contributed by atoms with van der Waals surface area (Å²) >= 11 is 1.86. The Morgan fingerprint density at radius 2 is 1.09 bits per heavy atom. The van der Waals surface area contributed by atoms with Gasteiger partial charge in [-0.25, -0.2) is 9.97 Å².